The van der Waals surface area contributed by atoms with Crippen molar-refractivity contribution in [1.29, 1.82) is 0 Å². The average Bonchev–Trinajstić information content (AvgIpc) is 2.78. The maximum atomic E-state index is 12.9. The molecule has 0 amide bonds. The normalized spacial score (nSPS) is 21.0. The summed E-state index contributed by atoms with van der Waals surface area (Å²) in [5.74, 6) is -0.0136. The molecule has 2 N–H and O–H groups in total. The molecule has 168 valence electrons. The van der Waals surface area contributed by atoms with E-state index < -0.39 is 17.3 Å². The summed E-state index contributed by atoms with van der Waals surface area (Å²) in [5.41, 5.74) is 1.34. The maximum Gasteiger partial charge on any atom is 0.416 e. The third kappa shape index (κ3) is 5.30. The van der Waals surface area contributed by atoms with Crippen LogP contribution in [0.4, 0.5) is 13.2 Å². The van der Waals surface area contributed by atoms with Crippen LogP contribution in [-0.4, -0.2) is 48.3 Å². The Kier molecular flexibility index (Phi) is 6.70. The molecule has 4 rings (SSSR count). The van der Waals surface area contributed by atoms with E-state index >= 15 is 0 Å². The molecule has 1 atom stereocenters. The van der Waals surface area contributed by atoms with Crippen molar-refractivity contribution in [2.75, 3.05) is 32.7 Å². The van der Waals surface area contributed by atoms with Gasteiger partial charge >= 0.3 is 6.18 Å². The molecule has 2 aromatic carbocycles. The molecule has 2 aliphatic rings. The molecule has 1 aliphatic carbocycles. The van der Waals surface area contributed by atoms with Gasteiger partial charge in [-0.15, -0.1) is 0 Å². The van der Waals surface area contributed by atoms with Gasteiger partial charge in [0, 0.05) is 38.6 Å². The van der Waals surface area contributed by atoms with Gasteiger partial charge in [-0.2, -0.15) is 13.2 Å². The number of alkyl halides is 3. The van der Waals surface area contributed by atoms with Crippen molar-refractivity contribution < 1.29 is 18.3 Å². The van der Waals surface area contributed by atoms with Crippen molar-refractivity contribution in [3.05, 3.63) is 59.7 Å². The van der Waals surface area contributed by atoms with Crippen LogP contribution >= 0.6 is 0 Å². The lowest BCUT2D eigenvalue weighted by Gasteiger charge is -2.42. The van der Waals surface area contributed by atoms with Gasteiger partial charge in [-0.3, -0.25) is 0 Å². The molecule has 3 nitrogen and oxygen atoms in total. The number of hydrogen-bond acceptors (Lipinski definition) is 3. The number of nitrogens with one attached hydrogen (secondary N) is 1. The number of nitrogens with zero attached hydrogens (tertiary/aromatic N) is 1. The van der Waals surface area contributed by atoms with Crippen molar-refractivity contribution in [2.24, 2.45) is 0 Å². The van der Waals surface area contributed by atoms with Gasteiger partial charge in [0.15, 0.2) is 0 Å². The zero-order valence-electron chi connectivity index (χ0n) is 17.8. The van der Waals surface area contributed by atoms with Crippen LogP contribution in [0.25, 0.3) is 11.1 Å². The van der Waals surface area contributed by atoms with Gasteiger partial charge in [0.1, 0.15) is 0 Å². The highest BCUT2D eigenvalue weighted by atomic mass is 19.4. The summed E-state index contributed by atoms with van der Waals surface area (Å²) in [7, 11) is 0. The summed E-state index contributed by atoms with van der Waals surface area (Å²) >= 11 is 0. The smallest absolute Gasteiger partial charge is 0.389 e. The third-order valence-corrected chi connectivity index (χ3v) is 6.85. The molecule has 6 heteroatoms. The highest BCUT2D eigenvalue weighted by molar-refractivity contribution is 5.65. The first-order valence-electron chi connectivity index (χ1n) is 11.3. The van der Waals surface area contributed by atoms with Crippen LogP contribution in [0.5, 0.6) is 0 Å². The van der Waals surface area contributed by atoms with E-state index in [1.807, 2.05) is 12.1 Å². The van der Waals surface area contributed by atoms with Crippen LogP contribution in [0.2, 0.25) is 0 Å². The molecule has 2 fully saturated rings. The summed E-state index contributed by atoms with van der Waals surface area (Å²) in [5, 5.41) is 15.0. The van der Waals surface area contributed by atoms with E-state index in [4.69, 9.17) is 0 Å². The molecular weight excluding hydrogens is 401 g/mol. The van der Waals surface area contributed by atoms with Crippen LogP contribution < -0.4 is 5.32 Å². The Morgan fingerprint density at radius 1 is 0.935 bits per heavy atom. The minimum Gasteiger partial charge on any atom is -0.389 e. The molecule has 1 heterocycles. The highest BCUT2D eigenvalue weighted by Gasteiger charge is 2.39. The first-order chi connectivity index (χ1) is 14.9. The van der Waals surface area contributed by atoms with Crippen LogP contribution in [0, 0.1) is 0 Å². The van der Waals surface area contributed by atoms with Gasteiger partial charge in [-0.05, 0) is 41.7 Å². The molecule has 0 radical (unpaired) electrons. The zero-order chi connectivity index (χ0) is 21.9. The van der Waals surface area contributed by atoms with Gasteiger partial charge in [0.25, 0.3) is 0 Å². The number of benzene rings is 2. The number of halogens is 3. The van der Waals surface area contributed by atoms with E-state index in [1.165, 1.54) is 12.1 Å². The van der Waals surface area contributed by atoms with Gasteiger partial charge in [0.2, 0.25) is 0 Å². The van der Waals surface area contributed by atoms with Gasteiger partial charge in [-0.1, -0.05) is 55.7 Å². The quantitative estimate of drug-likeness (QED) is 0.694. The molecule has 31 heavy (non-hydrogen) atoms. The Morgan fingerprint density at radius 3 is 2.26 bits per heavy atom. The van der Waals surface area contributed by atoms with E-state index in [0.29, 0.717) is 0 Å². The fourth-order valence-corrected chi connectivity index (χ4v) is 5.04. The predicted octanol–water partition coefficient (Wildman–Crippen LogP) is 5.06. The van der Waals surface area contributed by atoms with Crippen LogP contribution in [0.1, 0.15) is 49.1 Å². The second-order valence-electron chi connectivity index (χ2n) is 8.97. The Hall–Kier alpha value is -1.89. The number of aliphatic hydroxyl groups is 1. The first kappa shape index (κ1) is 22.3. The summed E-state index contributed by atoms with van der Waals surface area (Å²) in [4.78, 5) is 2.42. The molecule has 1 unspecified atom stereocenters. The Labute approximate surface area is 182 Å². The second-order valence-corrected chi connectivity index (χ2v) is 8.97. The fraction of sp³-hybridized carbons (Fsp3) is 0.520. The van der Waals surface area contributed by atoms with Gasteiger partial charge in [0.05, 0.1) is 11.2 Å². The Balaban J connectivity index is 1.63. The van der Waals surface area contributed by atoms with Crippen molar-refractivity contribution in [1.82, 2.24) is 10.2 Å². The van der Waals surface area contributed by atoms with Gasteiger partial charge in [-0.25, -0.2) is 0 Å². The Bertz CT molecular complexity index is 854. The monoisotopic (exact) mass is 432 g/mol. The predicted molar refractivity (Wildman–Crippen MR) is 117 cm³/mol. The molecule has 1 saturated heterocycles. The van der Waals surface area contributed by atoms with Crippen molar-refractivity contribution >= 4 is 0 Å². The summed E-state index contributed by atoms with van der Waals surface area (Å²) in [6.45, 7) is 4.64. The lowest BCUT2D eigenvalue weighted by atomic mass is 9.72. The molecule has 2 aromatic rings. The molecule has 1 saturated carbocycles. The van der Waals surface area contributed by atoms with Crippen molar-refractivity contribution in [3.63, 3.8) is 0 Å². The lowest BCUT2D eigenvalue weighted by molar-refractivity contribution is -0.137. The highest BCUT2D eigenvalue weighted by Crippen LogP contribution is 2.41. The summed E-state index contributed by atoms with van der Waals surface area (Å²) < 4.78 is 38.8. The summed E-state index contributed by atoms with van der Waals surface area (Å²) in [6.07, 6.45) is 0.496. The van der Waals surface area contributed by atoms with E-state index in [-0.39, 0.29) is 5.92 Å². The summed E-state index contributed by atoms with van der Waals surface area (Å²) in [6, 6.07) is 13.3. The van der Waals surface area contributed by atoms with E-state index in [0.717, 1.165) is 93.7 Å². The minimum atomic E-state index is -4.33. The zero-order valence-corrected chi connectivity index (χ0v) is 17.8. The van der Waals surface area contributed by atoms with Crippen LogP contribution in [-0.2, 0) is 6.18 Å². The SMILES string of the molecule is OC1(C(CN2CCNCC2)c2cccc(-c3ccc(C(F)(F)F)cc3)c2)CCCCC1. The third-order valence-electron chi connectivity index (χ3n) is 6.85. The van der Waals surface area contributed by atoms with E-state index in [1.54, 1.807) is 0 Å². The second kappa shape index (κ2) is 9.31. The van der Waals surface area contributed by atoms with E-state index in [2.05, 4.69) is 22.3 Å². The molecular formula is C25H31F3N2O. The van der Waals surface area contributed by atoms with Crippen molar-refractivity contribution in [3.8, 4) is 11.1 Å². The minimum absolute atomic E-state index is 0.0136. The number of piperazine rings is 1. The fourth-order valence-electron chi connectivity index (χ4n) is 5.04. The first-order valence-corrected chi connectivity index (χ1v) is 11.3. The van der Waals surface area contributed by atoms with E-state index in [9.17, 15) is 18.3 Å². The Morgan fingerprint density at radius 2 is 1.61 bits per heavy atom. The number of hydrogen-bond donors (Lipinski definition) is 2. The largest absolute Gasteiger partial charge is 0.416 e. The maximum absolute atomic E-state index is 12.9. The van der Waals surface area contributed by atoms with Crippen LogP contribution in [0.15, 0.2) is 48.5 Å². The lowest BCUT2D eigenvalue weighted by Crippen LogP contribution is -2.49. The molecule has 1 aliphatic heterocycles. The molecule has 0 bridgehead atoms. The average molecular weight is 433 g/mol. The van der Waals surface area contributed by atoms with Crippen LogP contribution in [0.3, 0.4) is 0 Å². The number of rotatable bonds is 5. The molecule has 0 aromatic heterocycles. The van der Waals surface area contributed by atoms with Gasteiger partial charge < -0.3 is 15.3 Å². The standard InChI is InChI=1S/C25H31F3N2O/c26-25(27,28)22-9-7-19(8-10-22)20-5-4-6-21(17-20)23(18-30-15-13-29-14-16-30)24(31)11-2-1-3-12-24/h4-10,17,23,29,31H,1-3,11-16,18H2. The van der Waals surface area contributed by atoms with Crippen molar-refractivity contribution in [2.45, 2.75) is 49.8 Å². The topological polar surface area (TPSA) is 35.5 Å². The molecule has 0 spiro atoms.